The third kappa shape index (κ3) is 4.37. The number of carbonyl (C=O) groups excluding carboxylic acids is 1. The molecule has 24 heavy (non-hydrogen) atoms. The van der Waals surface area contributed by atoms with Crippen LogP contribution in [-0.2, 0) is 11.3 Å². The minimum Gasteiger partial charge on any atom is -0.488 e. The minimum atomic E-state index is -0.279. The second-order valence-corrected chi connectivity index (χ2v) is 7.11. The third-order valence-electron chi connectivity index (χ3n) is 3.85. The lowest BCUT2D eigenvalue weighted by Crippen LogP contribution is -2.29. The first-order valence-corrected chi connectivity index (χ1v) is 8.25. The van der Waals surface area contributed by atoms with Crippen molar-refractivity contribution in [1.82, 2.24) is 15.5 Å². The Balaban J connectivity index is 2.07. The molecule has 2 N–H and O–H groups in total. The van der Waals surface area contributed by atoms with Gasteiger partial charge in [0.25, 0.3) is 0 Å². The summed E-state index contributed by atoms with van der Waals surface area (Å²) in [5.41, 5.74) is 3.46. The van der Waals surface area contributed by atoms with Crippen LogP contribution < -0.4 is 10.1 Å². The number of H-pyrrole nitrogens is 1. The quantitative estimate of drug-likeness (QED) is 0.880. The highest BCUT2D eigenvalue weighted by Crippen LogP contribution is 2.24. The maximum Gasteiger partial charge on any atom is 0.227 e. The van der Waals surface area contributed by atoms with Gasteiger partial charge in [-0.2, -0.15) is 5.10 Å². The Bertz CT molecular complexity index is 694. The summed E-state index contributed by atoms with van der Waals surface area (Å²) in [5, 5.41) is 10.1. The first-order chi connectivity index (χ1) is 11.2. The maximum absolute atomic E-state index is 12.5. The van der Waals surface area contributed by atoms with Gasteiger partial charge in [-0.05, 0) is 47.6 Å². The van der Waals surface area contributed by atoms with Crippen molar-refractivity contribution in [1.29, 1.82) is 0 Å². The molecule has 130 valence electrons. The number of hydrogen-bond donors (Lipinski definition) is 2. The standard InChI is InChI=1S/C19H27N3O2/c1-12(17-13(2)21-22-14(17)3)18(23)20-11-15-9-7-8-10-16(15)24-19(4,5)6/h7-10,12H,11H2,1-6H3,(H,20,23)(H,21,22)/t12-/m1/s1. The highest BCUT2D eigenvalue weighted by Gasteiger charge is 2.21. The highest BCUT2D eigenvalue weighted by molar-refractivity contribution is 5.83. The zero-order valence-corrected chi connectivity index (χ0v) is 15.4. The van der Waals surface area contributed by atoms with E-state index in [1.807, 2.05) is 65.8 Å². The smallest absolute Gasteiger partial charge is 0.227 e. The Morgan fingerprint density at radius 3 is 2.54 bits per heavy atom. The van der Waals surface area contributed by atoms with E-state index in [9.17, 15) is 4.79 Å². The van der Waals surface area contributed by atoms with Crippen LogP contribution >= 0.6 is 0 Å². The second kappa shape index (κ2) is 7.07. The normalized spacial score (nSPS) is 12.8. The molecular formula is C19H27N3O2. The molecule has 0 bridgehead atoms. The van der Waals surface area contributed by atoms with E-state index in [-0.39, 0.29) is 17.4 Å². The topological polar surface area (TPSA) is 67.0 Å². The van der Waals surface area contributed by atoms with Gasteiger partial charge in [0, 0.05) is 23.4 Å². The van der Waals surface area contributed by atoms with Crippen molar-refractivity contribution in [3.63, 3.8) is 0 Å². The van der Waals surface area contributed by atoms with Crippen LogP contribution in [0.4, 0.5) is 0 Å². The van der Waals surface area contributed by atoms with E-state index in [1.165, 1.54) is 0 Å². The summed E-state index contributed by atoms with van der Waals surface area (Å²) in [5.74, 6) is 0.529. The summed E-state index contributed by atoms with van der Waals surface area (Å²) < 4.78 is 5.97. The van der Waals surface area contributed by atoms with Crippen molar-refractivity contribution in [2.24, 2.45) is 0 Å². The van der Waals surface area contributed by atoms with Crippen LogP contribution in [0.1, 0.15) is 56.1 Å². The monoisotopic (exact) mass is 329 g/mol. The van der Waals surface area contributed by atoms with Gasteiger partial charge in [-0.15, -0.1) is 0 Å². The molecule has 0 aliphatic heterocycles. The maximum atomic E-state index is 12.5. The van der Waals surface area contributed by atoms with Gasteiger partial charge in [0.15, 0.2) is 0 Å². The van der Waals surface area contributed by atoms with Crippen molar-refractivity contribution in [3.8, 4) is 5.75 Å². The molecule has 0 saturated carbocycles. The van der Waals surface area contributed by atoms with E-state index in [0.717, 1.165) is 28.3 Å². The lowest BCUT2D eigenvalue weighted by Gasteiger charge is -2.23. The van der Waals surface area contributed by atoms with E-state index < -0.39 is 0 Å². The number of carbonyl (C=O) groups is 1. The Hall–Kier alpha value is -2.30. The van der Waals surface area contributed by atoms with Crippen LogP contribution in [0.2, 0.25) is 0 Å². The van der Waals surface area contributed by atoms with Gasteiger partial charge >= 0.3 is 0 Å². The summed E-state index contributed by atoms with van der Waals surface area (Å²) in [7, 11) is 0. The molecule has 0 aliphatic rings. The van der Waals surface area contributed by atoms with E-state index >= 15 is 0 Å². The predicted octanol–water partition coefficient (Wildman–Crippen LogP) is 3.62. The lowest BCUT2D eigenvalue weighted by molar-refractivity contribution is -0.122. The summed E-state index contributed by atoms with van der Waals surface area (Å²) in [4.78, 5) is 12.5. The van der Waals surface area contributed by atoms with Gasteiger partial charge in [-0.1, -0.05) is 18.2 Å². The molecule has 1 aromatic heterocycles. The molecule has 0 radical (unpaired) electrons. The Labute approximate surface area is 143 Å². The van der Waals surface area contributed by atoms with E-state index in [0.29, 0.717) is 6.54 Å². The molecule has 2 aromatic rings. The summed E-state index contributed by atoms with van der Waals surface area (Å²) >= 11 is 0. The summed E-state index contributed by atoms with van der Waals surface area (Å²) in [6.45, 7) is 12.2. The molecule has 1 heterocycles. The van der Waals surface area contributed by atoms with Crippen LogP contribution in [0.3, 0.4) is 0 Å². The molecule has 1 aromatic carbocycles. The number of nitrogens with zero attached hydrogens (tertiary/aromatic N) is 1. The number of aryl methyl sites for hydroxylation is 2. The molecular weight excluding hydrogens is 302 g/mol. The number of rotatable bonds is 5. The van der Waals surface area contributed by atoms with Crippen LogP contribution in [0.15, 0.2) is 24.3 Å². The molecule has 0 unspecified atom stereocenters. The molecule has 0 saturated heterocycles. The third-order valence-corrected chi connectivity index (χ3v) is 3.85. The molecule has 0 spiro atoms. The SMILES string of the molecule is Cc1n[nH]c(C)c1[C@@H](C)C(=O)NCc1ccccc1OC(C)(C)C. The lowest BCUT2D eigenvalue weighted by atomic mass is 9.98. The van der Waals surface area contributed by atoms with Crippen LogP contribution in [0.25, 0.3) is 0 Å². The van der Waals surface area contributed by atoms with Crippen LogP contribution in [0, 0.1) is 13.8 Å². The van der Waals surface area contributed by atoms with Crippen molar-refractivity contribution in [2.75, 3.05) is 0 Å². The van der Waals surface area contributed by atoms with Crippen molar-refractivity contribution in [3.05, 3.63) is 46.8 Å². The molecule has 5 nitrogen and oxygen atoms in total. The molecule has 1 atom stereocenters. The number of benzene rings is 1. The summed E-state index contributed by atoms with van der Waals surface area (Å²) in [6.07, 6.45) is 0. The zero-order valence-electron chi connectivity index (χ0n) is 15.4. The molecule has 1 amide bonds. The van der Waals surface area contributed by atoms with Crippen molar-refractivity contribution in [2.45, 2.75) is 59.6 Å². The fourth-order valence-electron chi connectivity index (χ4n) is 2.74. The average molecular weight is 329 g/mol. The fraction of sp³-hybridized carbons (Fsp3) is 0.474. The molecule has 2 rings (SSSR count). The van der Waals surface area contributed by atoms with Gasteiger partial charge in [-0.25, -0.2) is 0 Å². The van der Waals surface area contributed by atoms with Crippen LogP contribution in [0.5, 0.6) is 5.75 Å². The first kappa shape index (κ1) is 18.0. The minimum absolute atomic E-state index is 0.0202. The number of aromatic amines is 1. The van der Waals surface area contributed by atoms with Crippen LogP contribution in [-0.4, -0.2) is 21.7 Å². The molecule has 5 heteroatoms. The van der Waals surface area contributed by atoms with Gasteiger partial charge < -0.3 is 10.1 Å². The van der Waals surface area contributed by atoms with E-state index in [2.05, 4.69) is 15.5 Å². The highest BCUT2D eigenvalue weighted by atomic mass is 16.5. The Morgan fingerprint density at radius 1 is 1.29 bits per heavy atom. The number of ether oxygens (including phenoxy) is 1. The van der Waals surface area contributed by atoms with E-state index in [4.69, 9.17) is 4.74 Å². The molecule has 0 fully saturated rings. The number of aromatic nitrogens is 2. The van der Waals surface area contributed by atoms with Gasteiger partial charge in [0.1, 0.15) is 11.4 Å². The zero-order chi connectivity index (χ0) is 17.9. The Kier molecular flexibility index (Phi) is 5.32. The number of nitrogens with one attached hydrogen (secondary N) is 2. The van der Waals surface area contributed by atoms with Gasteiger partial charge in [-0.3, -0.25) is 9.89 Å². The molecule has 0 aliphatic carbocycles. The van der Waals surface area contributed by atoms with Crippen molar-refractivity contribution >= 4 is 5.91 Å². The Morgan fingerprint density at radius 2 is 1.96 bits per heavy atom. The van der Waals surface area contributed by atoms with Gasteiger partial charge in [0.2, 0.25) is 5.91 Å². The van der Waals surface area contributed by atoms with Gasteiger partial charge in [0.05, 0.1) is 11.6 Å². The van der Waals surface area contributed by atoms with E-state index in [1.54, 1.807) is 0 Å². The number of para-hydroxylation sites is 1. The second-order valence-electron chi connectivity index (χ2n) is 7.11. The fourth-order valence-corrected chi connectivity index (χ4v) is 2.74. The summed E-state index contributed by atoms with van der Waals surface area (Å²) in [6, 6.07) is 7.79. The predicted molar refractivity (Wildman–Crippen MR) is 95.1 cm³/mol. The average Bonchev–Trinajstić information content (AvgIpc) is 2.83. The largest absolute Gasteiger partial charge is 0.488 e. The number of amides is 1. The van der Waals surface area contributed by atoms with Crippen molar-refractivity contribution < 1.29 is 9.53 Å². The number of hydrogen-bond acceptors (Lipinski definition) is 3. The first-order valence-electron chi connectivity index (χ1n) is 8.25.